The van der Waals surface area contributed by atoms with Crippen LogP contribution in [0.4, 0.5) is 4.39 Å². The van der Waals surface area contributed by atoms with Crippen molar-refractivity contribution in [1.82, 2.24) is 9.97 Å². The second kappa shape index (κ2) is 6.37. The van der Waals surface area contributed by atoms with E-state index in [-0.39, 0.29) is 11.4 Å². The number of thiophene rings is 1. The van der Waals surface area contributed by atoms with Crippen molar-refractivity contribution >= 4 is 39.2 Å². The Hall–Kier alpha value is -2.19. The van der Waals surface area contributed by atoms with Crippen molar-refractivity contribution in [1.29, 1.82) is 0 Å². The Kier molecular flexibility index (Phi) is 4.42. The number of nitrogens with zero attached hydrogens (tertiary/aromatic N) is 1. The number of H-pyrrole nitrogens is 1. The van der Waals surface area contributed by atoms with Gasteiger partial charge in [-0.25, -0.2) is 9.37 Å². The molecule has 3 rings (SSSR count). The number of fused-ring (bicyclic) bond motifs is 1. The number of hydrogen-bond donors (Lipinski definition) is 2. The number of amides is 1. The standard InChI is InChI=1S/C16H14FN3O2S2/c1-7-11(9-3-5-10(17)6-4-9)12-14(22)19-16(20-15(12)23-7)24-8(2)13(18)21/h3-6,8H,1-2H3,(H2,18,21)(H,19,20,22)/t8-/m0/s1. The molecule has 0 fully saturated rings. The zero-order valence-electron chi connectivity index (χ0n) is 12.9. The molecule has 0 radical (unpaired) electrons. The number of nitrogens with two attached hydrogens (primary N) is 1. The Bertz CT molecular complexity index is 979. The van der Waals surface area contributed by atoms with Crippen molar-refractivity contribution in [3.8, 4) is 11.1 Å². The fourth-order valence-corrected chi connectivity index (χ4v) is 4.19. The molecule has 0 aliphatic rings. The molecule has 24 heavy (non-hydrogen) atoms. The molecular formula is C16H14FN3O2S2. The van der Waals surface area contributed by atoms with E-state index in [0.29, 0.717) is 15.4 Å². The average molecular weight is 363 g/mol. The SMILES string of the molecule is Cc1sc2nc(S[C@@H](C)C(N)=O)[nH]c(=O)c2c1-c1ccc(F)cc1. The summed E-state index contributed by atoms with van der Waals surface area (Å²) >= 11 is 2.50. The molecule has 1 amide bonds. The summed E-state index contributed by atoms with van der Waals surface area (Å²) in [6, 6.07) is 6.00. The number of nitrogens with one attached hydrogen (secondary N) is 1. The van der Waals surface area contributed by atoms with E-state index in [0.717, 1.165) is 27.8 Å². The van der Waals surface area contributed by atoms with Gasteiger partial charge < -0.3 is 10.7 Å². The number of halogens is 1. The maximum absolute atomic E-state index is 13.1. The molecule has 1 aromatic carbocycles. The summed E-state index contributed by atoms with van der Waals surface area (Å²) in [7, 11) is 0. The molecule has 2 aromatic heterocycles. The number of aromatic amines is 1. The fourth-order valence-electron chi connectivity index (χ4n) is 2.34. The average Bonchev–Trinajstić information content (AvgIpc) is 2.84. The van der Waals surface area contributed by atoms with E-state index in [9.17, 15) is 14.0 Å². The van der Waals surface area contributed by atoms with Gasteiger partial charge in [-0.1, -0.05) is 23.9 Å². The summed E-state index contributed by atoms with van der Waals surface area (Å²) in [5, 5.41) is 0.328. The van der Waals surface area contributed by atoms with Crippen LogP contribution in [-0.4, -0.2) is 21.1 Å². The highest BCUT2D eigenvalue weighted by Crippen LogP contribution is 2.36. The second-order valence-corrected chi connectivity index (χ2v) is 7.79. The molecule has 0 aliphatic heterocycles. The number of primary amides is 1. The first-order chi connectivity index (χ1) is 11.4. The van der Waals surface area contributed by atoms with Crippen molar-refractivity contribution in [3.63, 3.8) is 0 Å². The summed E-state index contributed by atoms with van der Waals surface area (Å²) < 4.78 is 13.1. The van der Waals surface area contributed by atoms with Crippen LogP contribution in [0.1, 0.15) is 11.8 Å². The minimum absolute atomic E-state index is 0.289. The number of rotatable bonds is 4. The molecule has 1 atom stereocenters. The van der Waals surface area contributed by atoms with Crippen LogP contribution >= 0.6 is 23.1 Å². The molecule has 0 saturated heterocycles. The summed E-state index contributed by atoms with van der Waals surface area (Å²) in [6.07, 6.45) is 0. The summed E-state index contributed by atoms with van der Waals surface area (Å²) in [5.74, 6) is -0.806. The first-order valence-electron chi connectivity index (χ1n) is 7.12. The molecule has 3 aromatic rings. The quantitative estimate of drug-likeness (QED) is 0.551. The smallest absolute Gasteiger partial charge is 0.260 e. The van der Waals surface area contributed by atoms with Gasteiger partial charge in [-0.2, -0.15) is 0 Å². The van der Waals surface area contributed by atoms with Gasteiger partial charge in [0.05, 0.1) is 10.6 Å². The number of thioether (sulfide) groups is 1. The fraction of sp³-hybridized carbons (Fsp3) is 0.188. The number of aryl methyl sites for hydroxylation is 1. The number of carbonyl (C=O) groups excluding carboxylic acids is 1. The Morgan fingerprint density at radius 2 is 2.04 bits per heavy atom. The van der Waals surface area contributed by atoms with Crippen molar-refractivity contribution in [2.45, 2.75) is 24.3 Å². The topological polar surface area (TPSA) is 88.8 Å². The highest BCUT2D eigenvalue weighted by atomic mass is 32.2. The largest absolute Gasteiger partial charge is 0.369 e. The van der Waals surface area contributed by atoms with E-state index in [4.69, 9.17) is 5.73 Å². The van der Waals surface area contributed by atoms with Crippen LogP contribution in [0.25, 0.3) is 21.3 Å². The van der Waals surface area contributed by atoms with Gasteiger partial charge in [-0.3, -0.25) is 9.59 Å². The number of benzene rings is 1. The van der Waals surface area contributed by atoms with Gasteiger partial charge in [-0.05, 0) is 31.5 Å². The maximum Gasteiger partial charge on any atom is 0.260 e. The minimum Gasteiger partial charge on any atom is -0.369 e. The van der Waals surface area contributed by atoms with Gasteiger partial charge in [0.15, 0.2) is 5.16 Å². The summed E-state index contributed by atoms with van der Waals surface area (Å²) in [4.78, 5) is 32.3. The first-order valence-corrected chi connectivity index (χ1v) is 8.81. The third-order valence-corrected chi connectivity index (χ3v) is 5.54. The molecule has 124 valence electrons. The maximum atomic E-state index is 13.1. The highest BCUT2D eigenvalue weighted by molar-refractivity contribution is 8.00. The summed E-state index contributed by atoms with van der Waals surface area (Å²) in [6.45, 7) is 3.55. The van der Waals surface area contributed by atoms with Crippen LogP contribution in [0.5, 0.6) is 0 Å². The molecule has 0 saturated carbocycles. The molecule has 8 heteroatoms. The van der Waals surface area contributed by atoms with Crippen LogP contribution in [0.15, 0.2) is 34.2 Å². The van der Waals surface area contributed by atoms with E-state index in [1.807, 2.05) is 6.92 Å². The Morgan fingerprint density at radius 1 is 1.38 bits per heavy atom. The van der Waals surface area contributed by atoms with Crippen LogP contribution in [0.2, 0.25) is 0 Å². The molecule has 2 heterocycles. The highest BCUT2D eigenvalue weighted by Gasteiger charge is 2.18. The second-order valence-electron chi connectivity index (χ2n) is 5.25. The lowest BCUT2D eigenvalue weighted by Gasteiger charge is -2.06. The van der Waals surface area contributed by atoms with E-state index in [2.05, 4.69) is 9.97 Å². The van der Waals surface area contributed by atoms with Gasteiger partial charge >= 0.3 is 0 Å². The zero-order chi connectivity index (χ0) is 17.4. The molecule has 3 N–H and O–H groups in total. The molecule has 0 aliphatic carbocycles. The lowest BCUT2D eigenvalue weighted by atomic mass is 10.0. The lowest BCUT2D eigenvalue weighted by molar-refractivity contribution is -0.117. The zero-order valence-corrected chi connectivity index (χ0v) is 14.6. The molecular weight excluding hydrogens is 349 g/mol. The van der Waals surface area contributed by atoms with E-state index in [1.165, 1.54) is 23.5 Å². The van der Waals surface area contributed by atoms with Gasteiger partial charge in [-0.15, -0.1) is 11.3 Å². The molecule has 0 spiro atoms. The third kappa shape index (κ3) is 3.07. The van der Waals surface area contributed by atoms with Gasteiger partial charge in [0, 0.05) is 10.4 Å². The van der Waals surface area contributed by atoms with Gasteiger partial charge in [0.2, 0.25) is 5.91 Å². The Labute approximate surface area is 145 Å². The van der Waals surface area contributed by atoms with Crippen LogP contribution < -0.4 is 11.3 Å². The number of hydrogen-bond acceptors (Lipinski definition) is 5. The Morgan fingerprint density at radius 3 is 2.67 bits per heavy atom. The monoisotopic (exact) mass is 363 g/mol. The minimum atomic E-state index is -0.497. The Balaban J connectivity index is 2.13. The summed E-state index contributed by atoms with van der Waals surface area (Å²) in [5.41, 5.74) is 6.47. The molecule has 5 nitrogen and oxygen atoms in total. The van der Waals surface area contributed by atoms with Crippen LogP contribution in [-0.2, 0) is 4.79 Å². The van der Waals surface area contributed by atoms with Crippen molar-refractivity contribution in [2.24, 2.45) is 5.73 Å². The van der Waals surface area contributed by atoms with Crippen molar-refractivity contribution in [3.05, 3.63) is 45.3 Å². The first kappa shape index (κ1) is 16.7. The molecule has 0 unspecified atom stereocenters. The number of aromatic nitrogens is 2. The van der Waals surface area contributed by atoms with Gasteiger partial charge in [0.1, 0.15) is 10.6 Å². The predicted molar refractivity (Wildman–Crippen MR) is 94.9 cm³/mol. The van der Waals surface area contributed by atoms with E-state index >= 15 is 0 Å². The predicted octanol–water partition coefficient (Wildman–Crippen LogP) is 3.07. The van der Waals surface area contributed by atoms with Gasteiger partial charge in [0.25, 0.3) is 5.56 Å². The van der Waals surface area contributed by atoms with E-state index < -0.39 is 11.2 Å². The number of carbonyl (C=O) groups is 1. The molecule has 0 bridgehead atoms. The van der Waals surface area contributed by atoms with E-state index in [1.54, 1.807) is 19.1 Å². The normalized spacial score (nSPS) is 12.5. The van der Waals surface area contributed by atoms with Crippen LogP contribution in [0, 0.1) is 12.7 Å². The van der Waals surface area contributed by atoms with Crippen molar-refractivity contribution in [2.75, 3.05) is 0 Å². The van der Waals surface area contributed by atoms with Crippen LogP contribution in [0.3, 0.4) is 0 Å². The third-order valence-electron chi connectivity index (χ3n) is 3.54. The van der Waals surface area contributed by atoms with Crippen molar-refractivity contribution < 1.29 is 9.18 Å². The lowest BCUT2D eigenvalue weighted by Crippen LogP contribution is -2.23.